The van der Waals surface area contributed by atoms with Gasteiger partial charge in [0.1, 0.15) is 4.90 Å². The number of fused-ring (bicyclic) bond motifs is 3. The van der Waals surface area contributed by atoms with Crippen LogP contribution in [0, 0.1) is 0 Å². The molecule has 1 aromatic heterocycles. The van der Waals surface area contributed by atoms with Crippen LogP contribution in [0.4, 0.5) is 13.2 Å². The lowest BCUT2D eigenvalue weighted by atomic mass is 10.0. The maximum Gasteiger partial charge on any atom is 0.416 e. The molecule has 2 aromatic carbocycles. The second-order valence-electron chi connectivity index (χ2n) is 5.09. The molecule has 0 saturated heterocycles. The quantitative estimate of drug-likeness (QED) is 0.659. The normalized spacial score (nSPS) is 12.6. The van der Waals surface area contributed by atoms with Crippen LogP contribution in [-0.2, 0) is 16.3 Å². The number of hydrogen-bond donors (Lipinski definition) is 1. The first-order valence-electron chi connectivity index (χ1n) is 6.59. The molecule has 0 aliphatic heterocycles. The Hall–Kier alpha value is -2.72. The van der Waals surface area contributed by atoms with Crippen molar-refractivity contribution in [1.29, 1.82) is 0 Å². The maximum atomic E-state index is 13.1. The summed E-state index contributed by atoms with van der Waals surface area (Å²) in [6.45, 7) is 0. The third kappa shape index (κ3) is 2.89. The van der Waals surface area contributed by atoms with E-state index in [1.807, 2.05) is 0 Å². The van der Waals surface area contributed by atoms with Crippen molar-refractivity contribution in [1.82, 2.24) is 0 Å². The van der Waals surface area contributed by atoms with Gasteiger partial charge in [-0.3, -0.25) is 4.55 Å². The minimum atomic E-state index is -5.21. The largest absolute Gasteiger partial charge is 0.416 e. The third-order valence-corrected chi connectivity index (χ3v) is 4.41. The lowest BCUT2D eigenvalue weighted by molar-refractivity contribution is -0.137. The van der Waals surface area contributed by atoms with Gasteiger partial charge in [0, 0.05) is 0 Å². The molecule has 0 saturated carbocycles. The van der Waals surface area contributed by atoms with Gasteiger partial charge in [0.15, 0.2) is 0 Å². The summed E-state index contributed by atoms with van der Waals surface area (Å²) in [5.41, 5.74) is -4.03. The van der Waals surface area contributed by atoms with E-state index in [1.54, 1.807) is 0 Å². The number of halogens is 3. The van der Waals surface area contributed by atoms with E-state index in [1.165, 1.54) is 24.3 Å². The SMILES string of the molecule is O=c1oc(=O)c2c(S(=O)(=O)O)cc(C(F)(F)F)cc2c2ccccc12. The van der Waals surface area contributed by atoms with Crippen molar-refractivity contribution < 1.29 is 30.6 Å². The molecular weight excluding hydrogens is 365 g/mol. The van der Waals surface area contributed by atoms with Gasteiger partial charge in [-0.25, -0.2) is 9.59 Å². The standard InChI is InChI=1S/C15H7F3O6S/c16-15(17,18)7-5-10-8-3-1-2-4-9(8)13(19)24-14(20)12(10)11(6-7)25(21,22)23/h1-6H,(H,21,22,23). The van der Waals surface area contributed by atoms with Crippen molar-refractivity contribution in [2.24, 2.45) is 0 Å². The summed E-state index contributed by atoms with van der Waals surface area (Å²) >= 11 is 0. The molecule has 0 bridgehead atoms. The summed E-state index contributed by atoms with van der Waals surface area (Å²) in [5, 5.41) is -1.65. The first-order chi connectivity index (χ1) is 11.5. The lowest BCUT2D eigenvalue weighted by Gasteiger charge is -2.10. The average Bonchev–Trinajstić information content (AvgIpc) is 2.61. The van der Waals surface area contributed by atoms with E-state index >= 15 is 0 Å². The Bertz CT molecular complexity index is 1240. The summed E-state index contributed by atoms with van der Waals surface area (Å²) in [6, 6.07) is 5.89. The maximum absolute atomic E-state index is 13.1. The fourth-order valence-electron chi connectivity index (χ4n) is 2.49. The van der Waals surface area contributed by atoms with Crippen LogP contribution in [0.3, 0.4) is 0 Å². The Morgan fingerprint density at radius 2 is 1.52 bits per heavy atom. The topological polar surface area (TPSA) is 102 Å². The first-order valence-corrected chi connectivity index (χ1v) is 8.03. The average molecular weight is 372 g/mol. The summed E-state index contributed by atoms with van der Waals surface area (Å²) in [6.07, 6.45) is -4.95. The molecule has 3 aromatic rings. The van der Waals surface area contributed by atoms with Crippen molar-refractivity contribution in [3.05, 3.63) is 62.8 Å². The number of benzene rings is 2. The van der Waals surface area contributed by atoms with Crippen molar-refractivity contribution in [2.45, 2.75) is 11.1 Å². The highest BCUT2D eigenvalue weighted by molar-refractivity contribution is 7.86. The van der Waals surface area contributed by atoms with Gasteiger partial charge in [-0.2, -0.15) is 21.6 Å². The van der Waals surface area contributed by atoms with Crippen LogP contribution in [-0.4, -0.2) is 13.0 Å². The Morgan fingerprint density at radius 1 is 0.920 bits per heavy atom. The van der Waals surface area contributed by atoms with Gasteiger partial charge < -0.3 is 4.42 Å². The van der Waals surface area contributed by atoms with Crippen LogP contribution < -0.4 is 11.3 Å². The molecule has 1 N–H and O–H groups in total. The first kappa shape index (κ1) is 17.1. The van der Waals surface area contributed by atoms with Gasteiger partial charge in [0.05, 0.1) is 16.3 Å². The van der Waals surface area contributed by atoms with Crippen molar-refractivity contribution in [3.63, 3.8) is 0 Å². The van der Waals surface area contributed by atoms with Crippen LogP contribution in [0.5, 0.6) is 0 Å². The van der Waals surface area contributed by atoms with Gasteiger partial charge in [-0.15, -0.1) is 0 Å². The van der Waals surface area contributed by atoms with E-state index in [2.05, 4.69) is 4.42 Å². The Labute approximate surface area is 136 Å². The van der Waals surface area contributed by atoms with E-state index in [4.69, 9.17) is 0 Å². The fourth-order valence-corrected chi connectivity index (χ4v) is 3.22. The second-order valence-corrected chi connectivity index (χ2v) is 6.48. The third-order valence-electron chi connectivity index (χ3n) is 3.53. The predicted molar refractivity (Wildman–Crippen MR) is 81.1 cm³/mol. The van der Waals surface area contributed by atoms with E-state index in [-0.39, 0.29) is 16.8 Å². The summed E-state index contributed by atoms with van der Waals surface area (Å²) in [5.74, 6) is 0. The minimum Gasteiger partial charge on any atom is -0.386 e. The zero-order chi connectivity index (χ0) is 18.6. The summed E-state index contributed by atoms with van der Waals surface area (Å²) in [4.78, 5) is 22.8. The monoisotopic (exact) mass is 372 g/mol. The molecule has 0 unspecified atom stereocenters. The van der Waals surface area contributed by atoms with Crippen LogP contribution in [0.2, 0.25) is 0 Å². The molecule has 0 amide bonds. The zero-order valence-corrected chi connectivity index (χ0v) is 12.8. The highest BCUT2D eigenvalue weighted by Gasteiger charge is 2.34. The number of alkyl halides is 3. The molecule has 130 valence electrons. The van der Waals surface area contributed by atoms with Gasteiger partial charge in [0.25, 0.3) is 10.1 Å². The molecule has 0 radical (unpaired) electrons. The van der Waals surface area contributed by atoms with Gasteiger partial charge in [-0.05, 0) is 29.0 Å². The molecule has 0 aliphatic rings. The minimum absolute atomic E-state index is 0.119. The van der Waals surface area contributed by atoms with E-state index in [0.717, 1.165) is 0 Å². The molecule has 10 heteroatoms. The van der Waals surface area contributed by atoms with Gasteiger partial charge >= 0.3 is 17.4 Å². The molecule has 6 nitrogen and oxygen atoms in total. The van der Waals surface area contributed by atoms with Crippen LogP contribution in [0.1, 0.15) is 5.56 Å². The molecule has 0 fully saturated rings. The van der Waals surface area contributed by atoms with E-state index in [9.17, 15) is 35.7 Å². The second kappa shape index (κ2) is 5.39. The van der Waals surface area contributed by atoms with Crippen LogP contribution in [0.25, 0.3) is 21.5 Å². The van der Waals surface area contributed by atoms with E-state index in [0.29, 0.717) is 6.07 Å². The Balaban J connectivity index is 2.79. The molecule has 25 heavy (non-hydrogen) atoms. The number of hydrogen-bond acceptors (Lipinski definition) is 5. The smallest absolute Gasteiger partial charge is 0.386 e. The van der Waals surface area contributed by atoms with Crippen molar-refractivity contribution in [2.75, 3.05) is 0 Å². The Morgan fingerprint density at radius 3 is 2.08 bits per heavy atom. The van der Waals surface area contributed by atoms with E-state index < -0.39 is 48.8 Å². The fraction of sp³-hybridized carbons (Fsp3) is 0.0667. The molecule has 1 heterocycles. The zero-order valence-electron chi connectivity index (χ0n) is 12.0. The van der Waals surface area contributed by atoms with Crippen molar-refractivity contribution in [3.8, 4) is 0 Å². The van der Waals surface area contributed by atoms with Gasteiger partial charge in [0.2, 0.25) is 0 Å². The summed E-state index contributed by atoms with van der Waals surface area (Å²) < 4.78 is 76.2. The highest BCUT2D eigenvalue weighted by Crippen LogP contribution is 2.35. The molecule has 0 atom stereocenters. The number of rotatable bonds is 1. The van der Waals surface area contributed by atoms with Crippen LogP contribution in [0.15, 0.2) is 55.3 Å². The Kier molecular flexibility index (Phi) is 3.69. The molecule has 3 rings (SSSR count). The molecule has 0 spiro atoms. The highest BCUT2D eigenvalue weighted by atomic mass is 32.2. The van der Waals surface area contributed by atoms with Gasteiger partial charge in [-0.1, -0.05) is 18.2 Å². The van der Waals surface area contributed by atoms with Crippen molar-refractivity contribution >= 4 is 31.7 Å². The molecular formula is C15H7F3O6S. The summed E-state index contributed by atoms with van der Waals surface area (Å²) in [7, 11) is -5.21. The predicted octanol–water partition coefficient (Wildman–Crippen LogP) is 2.57. The molecule has 0 aliphatic carbocycles. The lowest BCUT2D eigenvalue weighted by Crippen LogP contribution is -2.12. The van der Waals surface area contributed by atoms with Crippen LogP contribution >= 0.6 is 0 Å².